The molecule has 1 fully saturated rings. The molecule has 0 saturated carbocycles. The van der Waals surface area contributed by atoms with Crippen molar-refractivity contribution >= 4 is 0 Å². The first-order chi connectivity index (χ1) is 10.7. The van der Waals surface area contributed by atoms with Gasteiger partial charge in [0.1, 0.15) is 18.3 Å². The Labute approximate surface area is 131 Å². The van der Waals surface area contributed by atoms with Crippen LogP contribution in [0.25, 0.3) is 0 Å². The van der Waals surface area contributed by atoms with Crippen LogP contribution in [0, 0.1) is 0 Å². The van der Waals surface area contributed by atoms with Gasteiger partial charge in [-0.15, -0.1) is 0 Å². The topological polar surface area (TPSA) is 46.2 Å². The molecular formula is C17H24O5. The van der Waals surface area contributed by atoms with Crippen LogP contribution in [-0.4, -0.2) is 52.5 Å². The van der Waals surface area contributed by atoms with Crippen LogP contribution in [0.4, 0.5) is 0 Å². The molecule has 0 aromatic heterocycles. The van der Waals surface area contributed by atoms with E-state index < -0.39 is 6.29 Å². The first-order valence-corrected chi connectivity index (χ1v) is 7.25. The smallest absolute Gasteiger partial charge is 0.183 e. The maximum atomic E-state index is 5.94. The molecular weight excluding hydrogens is 284 g/mol. The average Bonchev–Trinajstić information content (AvgIpc) is 2.55. The van der Waals surface area contributed by atoms with Crippen molar-refractivity contribution in [3.8, 4) is 0 Å². The molecule has 1 aliphatic rings. The molecule has 2 rings (SSSR count). The second-order valence-electron chi connectivity index (χ2n) is 5.19. The molecule has 0 radical (unpaired) electrons. The minimum atomic E-state index is -0.545. The lowest BCUT2D eigenvalue weighted by Gasteiger charge is -2.41. The van der Waals surface area contributed by atoms with Crippen molar-refractivity contribution in [2.45, 2.75) is 31.2 Å². The summed E-state index contributed by atoms with van der Waals surface area (Å²) in [4.78, 5) is 0. The monoisotopic (exact) mass is 308 g/mol. The van der Waals surface area contributed by atoms with Gasteiger partial charge in [0, 0.05) is 26.9 Å². The molecule has 4 atom stereocenters. The molecule has 0 unspecified atom stereocenters. The van der Waals surface area contributed by atoms with E-state index in [4.69, 9.17) is 23.7 Å². The molecule has 22 heavy (non-hydrogen) atoms. The largest absolute Gasteiger partial charge is 0.382 e. The summed E-state index contributed by atoms with van der Waals surface area (Å²) >= 11 is 0. The van der Waals surface area contributed by atoms with Crippen LogP contribution in [0.1, 0.15) is 5.56 Å². The first kappa shape index (κ1) is 17.1. The van der Waals surface area contributed by atoms with Gasteiger partial charge >= 0.3 is 0 Å². The van der Waals surface area contributed by atoms with Crippen LogP contribution in [0.2, 0.25) is 0 Å². The fourth-order valence-corrected chi connectivity index (χ4v) is 2.62. The van der Waals surface area contributed by atoms with Crippen molar-refractivity contribution in [2.75, 3.05) is 27.9 Å². The van der Waals surface area contributed by atoms with Crippen molar-refractivity contribution in [3.05, 3.63) is 48.0 Å². The summed E-state index contributed by atoms with van der Waals surface area (Å²) in [5, 5.41) is 0. The van der Waals surface area contributed by atoms with Gasteiger partial charge < -0.3 is 23.7 Å². The van der Waals surface area contributed by atoms with Crippen molar-refractivity contribution < 1.29 is 23.7 Å². The van der Waals surface area contributed by atoms with Crippen molar-refractivity contribution in [1.82, 2.24) is 0 Å². The number of ether oxygens (including phenoxy) is 5. The lowest BCUT2D eigenvalue weighted by atomic mass is 9.97. The van der Waals surface area contributed by atoms with E-state index in [1.165, 1.54) is 0 Å². The Hall–Kier alpha value is -1.24. The molecule has 1 heterocycles. The highest BCUT2D eigenvalue weighted by atomic mass is 16.7. The Morgan fingerprint density at radius 1 is 1.09 bits per heavy atom. The summed E-state index contributed by atoms with van der Waals surface area (Å²) in [7, 11) is 4.88. The van der Waals surface area contributed by atoms with Crippen LogP contribution >= 0.6 is 0 Å². The van der Waals surface area contributed by atoms with E-state index in [2.05, 4.69) is 6.58 Å². The number of rotatable bonds is 7. The predicted molar refractivity (Wildman–Crippen MR) is 82.5 cm³/mol. The third-order valence-electron chi connectivity index (χ3n) is 3.73. The Morgan fingerprint density at radius 2 is 1.82 bits per heavy atom. The minimum Gasteiger partial charge on any atom is -0.382 e. The standard InChI is InChI=1S/C17H24O5/c1-12-15(19-3)16(20-4)14(11-18-2)22-17(12)21-10-13-8-6-5-7-9-13/h5-9,14-17H,1,10-11H2,2-4H3/t14-,15-,16-,17+/m1/s1. The zero-order chi connectivity index (χ0) is 15.9. The zero-order valence-corrected chi connectivity index (χ0v) is 13.4. The van der Waals surface area contributed by atoms with Gasteiger partial charge in [-0.2, -0.15) is 0 Å². The molecule has 5 heteroatoms. The van der Waals surface area contributed by atoms with Crippen LogP contribution in [0.5, 0.6) is 0 Å². The van der Waals surface area contributed by atoms with E-state index in [0.717, 1.165) is 11.1 Å². The maximum Gasteiger partial charge on any atom is 0.183 e. The molecule has 0 bridgehead atoms. The van der Waals surface area contributed by atoms with Gasteiger partial charge in [0.05, 0.1) is 13.2 Å². The van der Waals surface area contributed by atoms with Gasteiger partial charge in [0.25, 0.3) is 0 Å². The second kappa shape index (κ2) is 8.41. The maximum absolute atomic E-state index is 5.94. The van der Waals surface area contributed by atoms with Crippen LogP contribution < -0.4 is 0 Å². The molecule has 1 aliphatic heterocycles. The van der Waals surface area contributed by atoms with Crippen molar-refractivity contribution in [3.63, 3.8) is 0 Å². The Balaban J connectivity index is 2.05. The summed E-state index contributed by atoms with van der Waals surface area (Å²) < 4.78 is 28.0. The molecule has 0 N–H and O–H groups in total. The highest BCUT2D eigenvalue weighted by molar-refractivity contribution is 5.16. The van der Waals surface area contributed by atoms with E-state index >= 15 is 0 Å². The van der Waals surface area contributed by atoms with Gasteiger partial charge in [-0.3, -0.25) is 0 Å². The number of methoxy groups -OCH3 is 3. The summed E-state index contributed by atoms with van der Waals surface area (Å²) in [6.45, 7) is 4.90. The highest BCUT2D eigenvalue weighted by Crippen LogP contribution is 2.29. The molecule has 0 amide bonds. The predicted octanol–water partition coefficient (Wildman–Crippen LogP) is 2.16. The Bertz CT molecular complexity index is 461. The van der Waals surface area contributed by atoms with Gasteiger partial charge in [-0.25, -0.2) is 0 Å². The number of benzene rings is 1. The van der Waals surface area contributed by atoms with Gasteiger partial charge in [0.2, 0.25) is 0 Å². The van der Waals surface area contributed by atoms with E-state index in [1.807, 2.05) is 30.3 Å². The Kier molecular flexibility index (Phi) is 6.54. The minimum absolute atomic E-state index is 0.269. The summed E-state index contributed by atoms with van der Waals surface area (Å²) in [6.07, 6.45) is -1.38. The quantitative estimate of drug-likeness (QED) is 0.722. The summed E-state index contributed by atoms with van der Waals surface area (Å²) in [6, 6.07) is 9.93. The zero-order valence-electron chi connectivity index (χ0n) is 13.4. The lowest BCUT2D eigenvalue weighted by Crippen LogP contribution is -2.53. The molecule has 5 nitrogen and oxygen atoms in total. The third-order valence-corrected chi connectivity index (χ3v) is 3.73. The molecule has 1 aromatic rings. The molecule has 0 spiro atoms. The van der Waals surface area contributed by atoms with E-state index in [9.17, 15) is 0 Å². The van der Waals surface area contributed by atoms with Gasteiger partial charge in [-0.05, 0) is 5.56 Å². The Morgan fingerprint density at radius 3 is 2.41 bits per heavy atom. The van der Waals surface area contributed by atoms with Crippen LogP contribution in [-0.2, 0) is 30.3 Å². The van der Waals surface area contributed by atoms with Gasteiger partial charge in [0.15, 0.2) is 6.29 Å². The SMILES string of the molecule is C=C1[C@@H](OCc2ccccc2)O[C@H](COC)[C@@H](OC)[C@@H]1OC. The highest BCUT2D eigenvalue weighted by Gasteiger charge is 2.42. The summed E-state index contributed by atoms with van der Waals surface area (Å²) in [5.41, 5.74) is 1.79. The summed E-state index contributed by atoms with van der Waals surface area (Å²) in [5.74, 6) is 0. The molecule has 1 aromatic carbocycles. The average molecular weight is 308 g/mol. The third kappa shape index (κ3) is 3.94. The normalized spacial score (nSPS) is 28.8. The van der Waals surface area contributed by atoms with Gasteiger partial charge in [-0.1, -0.05) is 36.9 Å². The second-order valence-corrected chi connectivity index (χ2v) is 5.19. The fourth-order valence-electron chi connectivity index (χ4n) is 2.62. The molecule has 1 saturated heterocycles. The molecule has 122 valence electrons. The van der Waals surface area contributed by atoms with E-state index in [1.54, 1.807) is 21.3 Å². The van der Waals surface area contributed by atoms with Crippen LogP contribution in [0.3, 0.4) is 0 Å². The van der Waals surface area contributed by atoms with Crippen molar-refractivity contribution in [1.29, 1.82) is 0 Å². The van der Waals surface area contributed by atoms with Crippen LogP contribution in [0.15, 0.2) is 42.5 Å². The fraction of sp³-hybridized carbons (Fsp3) is 0.529. The van der Waals surface area contributed by atoms with E-state index in [-0.39, 0.29) is 18.3 Å². The van der Waals surface area contributed by atoms with Crippen molar-refractivity contribution in [2.24, 2.45) is 0 Å². The van der Waals surface area contributed by atoms with E-state index in [0.29, 0.717) is 13.2 Å². The number of hydrogen-bond donors (Lipinski definition) is 0. The number of hydrogen-bond acceptors (Lipinski definition) is 5. The lowest BCUT2D eigenvalue weighted by molar-refractivity contribution is -0.239. The molecule has 0 aliphatic carbocycles. The first-order valence-electron chi connectivity index (χ1n) is 7.25.